The third kappa shape index (κ3) is 2.41. The minimum absolute atomic E-state index is 0.0501. The summed E-state index contributed by atoms with van der Waals surface area (Å²) < 4.78 is 27.1. The van der Waals surface area contributed by atoms with Crippen molar-refractivity contribution in [3.63, 3.8) is 0 Å². The highest BCUT2D eigenvalue weighted by Gasteiger charge is 2.10. The van der Waals surface area contributed by atoms with E-state index in [1.54, 1.807) is 6.92 Å². The van der Waals surface area contributed by atoms with Crippen molar-refractivity contribution in [1.29, 1.82) is 0 Å². The van der Waals surface area contributed by atoms with Gasteiger partial charge in [-0.05, 0) is 41.8 Å². The first-order valence-corrected chi connectivity index (χ1v) is 5.52. The van der Waals surface area contributed by atoms with Gasteiger partial charge in [-0.15, -0.1) is 0 Å². The Morgan fingerprint density at radius 3 is 2.78 bits per heavy atom. The van der Waals surface area contributed by atoms with Crippen LogP contribution in [0, 0.1) is 18.6 Å². The molecule has 0 N–H and O–H groups in total. The molecule has 18 heavy (non-hydrogen) atoms. The van der Waals surface area contributed by atoms with Crippen molar-refractivity contribution >= 4 is 11.6 Å². The number of hydrogen-bond acceptors (Lipinski definition) is 2. The number of halogens is 3. The van der Waals surface area contributed by atoms with Gasteiger partial charge in [0.25, 0.3) is 5.56 Å². The molecule has 0 spiro atoms. The fourth-order valence-electron chi connectivity index (χ4n) is 1.59. The summed E-state index contributed by atoms with van der Waals surface area (Å²) in [5.74, 6) is -1.34. The van der Waals surface area contributed by atoms with Gasteiger partial charge in [0.15, 0.2) is 0 Å². The lowest BCUT2D eigenvalue weighted by Gasteiger charge is -2.09. The first-order valence-electron chi connectivity index (χ1n) is 5.15. The van der Waals surface area contributed by atoms with Gasteiger partial charge in [-0.3, -0.25) is 9.36 Å². The van der Waals surface area contributed by atoms with Crippen molar-refractivity contribution in [2.75, 3.05) is 0 Å². The lowest BCUT2D eigenvalue weighted by molar-refractivity contribution is 0.567. The van der Waals surface area contributed by atoms with Gasteiger partial charge in [-0.25, -0.2) is 9.37 Å². The van der Waals surface area contributed by atoms with E-state index in [-0.39, 0.29) is 17.6 Å². The summed E-state index contributed by atoms with van der Waals surface area (Å²) in [6.45, 7) is 1.75. The number of nitrogens with zero attached hydrogens (tertiary/aromatic N) is 2. The molecule has 0 radical (unpaired) electrons. The van der Waals surface area contributed by atoms with Crippen LogP contribution in [0.5, 0.6) is 0 Å². The van der Waals surface area contributed by atoms with Gasteiger partial charge in [0.05, 0.1) is 12.7 Å². The lowest BCUT2D eigenvalue weighted by Crippen LogP contribution is -2.25. The predicted octanol–water partition coefficient (Wildman–Crippen LogP) is 2.53. The Labute approximate surface area is 107 Å². The highest BCUT2D eigenvalue weighted by molar-refractivity contribution is 6.28. The third-order valence-corrected chi connectivity index (χ3v) is 2.89. The van der Waals surface area contributed by atoms with E-state index in [1.807, 2.05) is 0 Å². The molecule has 6 heteroatoms. The van der Waals surface area contributed by atoms with Crippen LogP contribution in [0.3, 0.4) is 0 Å². The molecule has 0 aliphatic carbocycles. The normalized spacial score (nSPS) is 10.7. The second-order valence-corrected chi connectivity index (χ2v) is 4.18. The van der Waals surface area contributed by atoms with Crippen LogP contribution in [0.4, 0.5) is 8.78 Å². The zero-order valence-electron chi connectivity index (χ0n) is 9.45. The Kier molecular flexibility index (Phi) is 3.43. The first kappa shape index (κ1) is 12.7. The minimum atomic E-state index is -0.973. The molecule has 0 unspecified atom stereocenters. The number of benzene rings is 1. The standard InChI is InChI=1S/C12H9ClF2N2O/c1-7-4-9(14)3-2-8(7)6-17-11(18)10(15)5-16-12(17)13/h2-5H,6H2,1H3. The summed E-state index contributed by atoms with van der Waals surface area (Å²) >= 11 is 5.75. The molecule has 0 bridgehead atoms. The van der Waals surface area contributed by atoms with Crippen LogP contribution in [0.2, 0.25) is 5.28 Å². The van der Waals surface area contributed by atoms with Crippen LogP contribution in [-0.4, -0.2) is 9.55 Å². The highest BCUT2D eigenvalue weighted by Crippen LogP contribution is 2.13. The quantitative estimate of drug-likeness (QED) is 0.786. The number of rotatable bonds is 2. The molecule has 0 amide bonds. The monoisotopic (exact) mass is 270 g/mol. The Morgan fingerprint density at radius 2 is 2.11 bits per heavy atom. The topological polar surface area (TPSA) is 34.9 Å². The van der Waals surface area contributed by atoms with E-state index in [4.69, 9.17) is 11.6 Å². The number of aromatic nitrogens is 2. The Bertz CT molecular complexity index is 655. The third-order valence-electron chi connectivity index (χ3n) is 2.59. The van der Waals surface area contributed by atoms with Gasteiger partial charge in [0.2, 0.25) is 11.1 Å². The van der Waals surface area contributed by atoms with Crippen LogP contribution in [0.25, 0.3) is 0 Å². The molecular formula is C12H9ClF2N2O. The van der Waals surface area contributed by atoms with Gasteiger partial charge in [0.1, 0.15) is 5.82 Å². The van der Waals surface area contributed by atoms with Gasteiger partial charge < -0.3 is 0 Å². The average molecular weight is 271 g/mol. The summed E-state index contributed by atoms with van der Waals surface area (Å²) in [7, 11) is 0. The van der Waals surface area contributed by atoms with E-state index in [2.05, 4.69) is 4.98 Å². The second kappa shape index (κ2) is 4.86. The summed E-state index contributed by atoms with van der Waals surface area (Å²) in [6, 6.07) is 4.13. The summed E-state index contributed by atoms with van der Waals surface area (Å²) in [6.07, 6.45) is 0.776. The van der Waals surface area contributed by atoms with Crippen LogP contribution >= 0.6 is 11.6 Å². The zero-order chi connectivity index (χ0) is 13.3. The summed E-state index contributed by atoms with van der Waals surface area (Å²) in [5, 5.41) is -0.106. The molecule has 0 saturated carbocycles. The fraction of sp³-hybridized carbons (Fsp3) is 0.167. The molecule has 94 valence electrons. The lowest BCUT2D eigenvalue weighted by atomic mass is 10.1. The molecule has 3 nitrogen and oxygen atoms in total. The minimum Gasteiger partial charge on any atom is -0.276 e. The first-order chi connectivity index (χ1) is 8.49. The molecular weight excluding hydrogens is 262 g/mol. The van der Waals surface area contributed by atoms with E-state index in [0.717, 1.165) is 10.8 Å². The maximum Gasteiger partial charge on any atom is 0.290 e. The summed E-state index contributed by atoms with van der Waals surface area (Å²) in [4.78, 5) is 15.1. The van der Waals surface area contributed by atoms with Crippen molar-refractivity contribution in [3.8, 4) is 0 Å². The second-order valence-electron chi connectivity index (χ2n) is 3.84. The number of aryl methyl sites for hydroxylation is 1. The van der Waals surface area contributed by atoms with Gasteiger partial charge in [0, 0.05) is 0 Å². The van der Waals surface area contributed by atoms with E-state index >= 15 is 0 Å². The Balaban J connectivity index is 2.46. The van der Waals surface area contributed by atoms with Crippen molar-refractivity contribution < 1.29 is 8.78 Å². The Hall–Kier alpha value is -1.75. The van der Waals surface area contributed by atoms with E-state index in [9.17, 15) is 13.6 Å². The van der Waals surface area contributed by atoms with Crippen LogP contribution < -0.4 is 5.56 Å². The molecule has 0 aliphatic heterocycles. The molecule has 0 aliphatic rings. The molecule has 0 fully saturated rings. The fourth-order valence-corrected chi connectivity index (χ4v) is 1.78. The van der Waals surface area contributed by atoms with Crippen molar-refractivity contribution in [1.82, 2.24) is 9.55 Å². The van der Waals surface area contributed by atoms with E-state index in [0.29, 0.717) is 11.1 Å². The highest BCUT2D eigenvalue weighted by atomic mass is 35.5. The maximum atomic E-state index is 13.1. The van der Waals surface area contributed by atoms with Crippen LogP contribution in [0.1, 0.15) is 11.1 Å². The maximum absolute atomic E-state index is 13.1. The average Bonchev–Trinajstić information content (AvgIpc) is 2.32. The van der Waals surface area contributed by atoms with Crippen LogP contribution in [-0.2, 0) is 6.54 Å². The van der Waals surface area contributed by atoms with Gasteiger partial charge in [-0.1, -0.05) is 6.07 Å². The van der Waals surface area contributed by atoms with Crippen molar-refractivity contribution in [2.45, 2.75) is 13.5 Å². The molecule has 0 atom stereocenters. The molecule has 0 saturated heterocycles. The van der Waals surface area contributed by atoms with Gasteiger partial charge >= 0.3 is 0 Å². The Morgan fingerprint density at radius 1 is 1.39 bits per heavy atom. The van der Waals surface area contributed by atoms with Crippen LogP contribution in [0.15, 0.2) is 29.2 Å². The zero-order valence-corrected chi connectivity index (χ0v) is 10.2. The molecule has 2 aromatic rings. The van der Waals surface area contributed by atoms with Crippen molar-refractivity contribution in [2.24, 2.45) is 0 Å². The van der Waals surface area contributed by atoms with Gasteiger partial charge in [-0.2, -0.15) is 4.39 Å². The molecule has 1 aromatic carbocycles. The molecule has 1 heterocycles. The summed E-state index contributed by atoms with van der Waals surface area (Å²) in [5.41, 5.74) is 0.480. The predicted molar refractivity (Wildman–Crippen MR) is 63.7 cm³/mol. The SMILES string of the molecule is Cc1cc(F)ccc1Cn1c(Cl)ncc(F)c1=O. The van der Waals surface area contributed by atoms with E-state index in [1.165, 1.54) is 18.2 Å². The smallest absolute Gasteiger partial charge is 0.276 e. The molecule has 1 aromatic heterocycles. The van der Waals surface area contributed by atoms with Crippen molar-refractivity contribution in [3.05, 3.63) is 62.8 Å². The van der Waals surface area contributed by atoms with E-state index < -0.39 is 11.4 Å². The molecule has 2 rings (SSSR count). The number of hydrogen-bond donors (Lipinski definition) is 0. The largest absolute Gasteiger partial charge is 0.290 e.